The fourth-order valence-electron chi connectivity index (χ4n) is 2.72. The molecule has 146 valence electrons. The number of likely N-dealkylation sites (N-methyl/N-ethyl adjacent to an activating group) is 1. The summed E-state index contributed by atoms with van der Waals surface area (Å²) in [4.78, 5) is 8.88. The molecule has 0 spiro atoms. The van der Waals surface area contributed by atoms with Crippen LogP contribution in [0.3, 0.4) is 0 Å². The van der Waals surface area contributed by atoms with Gasteiger partial charge in [0.2, 0.25) is 5.82 Å². The van der Waals surface area contributed by atoms with Gasteiger partial charge in [-0.3, -0.25) is 15.6 Å². The first-order valence-electron chi connectivity index (χ1n) is 8.56. The average Bonchev–Trinajstić information content (AvgIpc) is 3.16. The van der Waals surface area contributed by atoms with Crippen LogP contribution in [0.4, 0.5) is 15.9 Å². The number of anilines is 1. The minimum atomic E-state index is -0.402. The molecule has 2 aromatic rings. The Bertz CT molecular complexity index is 793. The van der Waals surface area contributed by atoms with Crippen molar-refractivity contribution in [3.63, 3.8) is 0 Å². The normalized spacial score (nSPS) is 16.5. The molecular formula is C16H21BrFN7O2. The maximum absolute atomic E-state index is 13.4. The highest BCUT2D eigenvalue weighted by Gasteiger charge is 2.19. The number of aromatic nitrogens is 2. The molecule has 0 aliphatic carbocycles. The van der Waals surface area contributed by atoms with Crippen LogP contribution in [0.1, 0.15) is 12.6 Å². The summed E-state index contributed by atoms with van der Waals surface area (Å²) in [6.07, 6.45) is 0. The summed E-state index contributed by atoms with van der Waals surface area (Å²) in [5.74, 6) is -0.0106. The molecule has 0 radical (unpaired) electrons. The Labute approximate surface area is 164 Å². The Morgan fingerprint density at radius 1 is 1.30 bits per heavy atom. The van der Waals surface area contributed by atoms with Crippen LogP contribution >= 0.6 is 15.9 Å². The minimum absolute atomic E-state index is 0.0352. The number of rotatable bonds is 6. The van der Waals surface area contributed by atoms with E-state index in [1.54, 1.807) is 0 Å². The SMILES string of the molecule is CCN1CCN(CNc2nonc2C(=Nc2ccc(F)c(Br)c2)NO)CC1. The smallest absolute Gasteiger partial charge is 0.203 e. The Hall–Kier alpha value is -2.08. The second-order valence-electron chi connectivity index (χ2n) is 6.02. The predicted molar refractivity (Wildman–Crippen MR) is 102 cm³/mol. The van der Waals surface area contributed by atoms with Crippen LogP contribution in [0.25, 0.3) is 0 Å². The monoisotopic (exact) mass is 441 g/mol. The molecule has 1 aliphatic rings. The minimum Gasteiger partial charge on any atom is -0.352 e. The zero-order valence-corrected chi connectivity index (χ0v) is 16.4. The Balaban J connectivity index is 1.69. The molecule has 27 heavy (non-hydrogen) atoms. The van der Waals surface area contributed by atoms with Crippen LogP contribution in [-0.2, 0) is 0 Å². The summed E-state index contributed by atoms with van der Waals surface area (Å²) < 4.78 is 18.4. The zero-order valence-electron chi connectivity index (χ0n) is 14.8. The maximum atomic E-state index is 13.4. The Kier molecular flexibility index (Phi) is 6.72. The van der Waals surface area contributed by atoms with E-state index in [0.29, 0.717) is 18.2 Å². The number of hydrogen-bond donors (Lipinski definition) is 3. The van der Waals surface area contributed by atoms with Crippen molar-refractivity contribution in [3.05, 3.63) is 34.2 Å². The Morgan fingerprint density at radius 3 is 2.70 bits per heavy atom. The highest BCUT2D eigenvalue weighted by molar-refractivity contribution is 9.10. The molecule has 0 amide bonds. The second-order valence-corrected chi connectivity index (χ2v) is 6.87. The standard InChI is InChI=1S/C16H21BrFN7O2/c1-2-24-5-7-25(8-6-24)10-19-15-14(22-27-23-15)16(21-26)20-11-3-4-13(18)12(17)9-11/h3-4,9,26H,2,5-8,10H2,1H3,(H,19,23)(H,20,21). The first-order chi connectivity index (χ1) is 13.1. The molecule has 1 aromatic carbocycles. The van der Waals surface area contributed by atoms with E-state index in [1.165, 1.54) is 18.2 Å². The van der Waals surface area contributed by atoms with Gasteiger partial charge in [-0.05, 0) is 51.0 Å². The van der Waals surface area contributed by atoms with Gasteiger partial charge < -0.3 is 10.2 Å². The van der Waals surface area contributed by atoms with Gasteiger partial charge in [0.25, 0.3) is 0 Å². The van der Waals surface area contributed by atoms with Crippen LogP contribution in [0, 0.1) is 5.82 Å². The van der Waals surface area contributed by atoms with Gasteiger partial charge in [-0.15, -0.1) is 0 Å². The molecule has 3 rings (SSSR count). The number of piperazine rings is 1. The quantitative estimate of drug-likeness (QED) is 0.355. The molecule has 0 bridgehead atoms. The van der Waals surface area contributed by atoms with Gasteiger partial charge in [0.1, 0.15) is 5.82 Å². The lowest BCUT2D eigenvalue weighted by molar-refractivity contribution is 0.144. The number of halogens is 2. The molecule has 0 atom stereocenters. The fourth-order valence-corrected chi connectivity index (χ4v) is 3.09. The predicted octanol–water partition coefficient (Wildman–Crippen LogP) is 2.04. The van der Waals surface area contributed by atoms with Gasteiger partial charge in [0, 0.05) is 26.2 Å². The van der Waals surface area contributed by atoms with E-state index >= 15 is 0 Å². The van der Waals surface area contributed by atoms with Crippen LogP contribution in [0.2, 0.25) is 0 Å². The third-order valence-electron chi connectivity index (χ3n) is 4.35. The van der Waals surface area contributed by atoms with Crippen LogP contribution in [0.5, 0.6) is 0 Å². The first-order valence-corrected chi connectivity index (χ1v) is 9.35. The number of nitrogens with one attached hydrogen (secondary N) is 2. The maximum Gasteiger partial charge on any atom is 0.203 e. The van der Waals surface area contributed by atoms with E-state index in [4.69, 9.17) is 4.63 Å². The van der Waals surface area contributed by atoms with Gasteiger partial charge in [0.05, 0.1) is 16.8 Å². The highest BCUT2D eigenvalue weighted by atomic mass is 79.9. The number of hydroxylamine groups is 1. The third-order valence-corrected chi connectivity index (χ3v) is 4.95. The van der Waals surface area contributed by atoms with Crippen molar-refractivity contribution in [2.75, 3.05) is 44.7 Å². The van der Waals surface area contributed by atoms with Gasteiger partial charge >= 0.3 is 0 Å². The molecular weight excluding hydrogens is 421 g/mol. The van der Waals surface area contributed by atoms with Crippen molar-refractivity contribution >= 4 is 33.3 Å². The fraction of sp³-hybridized carbons (Fsp3) is 0.438. The summed E-state index contributed by atoms with van der Waals surface area (Å²) in [5.41, 5.74) is 2.64. The van der Waals surface area contributed by atoms with E-state index in [9.17, 15) is 9.60 Å². The lowest BCUT2D eigenvalue weighted by Gasteiger charge is -2.33. The van der Waals surface area contributed by atoms with Gasteiger partial charge in [-0.25, -0.2) is 14.0 Å². The van der Waals surface area contributed by atoms with E-state index in [0.717, 1.165) is 32.7 Å². The van der Waals surface area contributed by atoms with Crippen molar-refractivity contribution in [1.29, 1.82) is 0 Å². The van der Waals surface area contributed by atoms with E-state index < -0.39 is 5.82 Å². The van der Waals surface area contributed by atoms with E-state index in [-0.39, 0.29) is 16.0 Å². The molecule has 1 saturated heterocycles. The summed E-state index contributed by atoms with van der Waals surface area (Å²) in [6.45, 7) is 7.72. The van der Waals surface area contributed by atoms with E-state index in [1.807, 2.05) is 5.48 Å². The van der Waals surface area contributed by atoms with Gasteiger partial charge in [0.15, 0.2) is 11.5 Å². The highest BCUT2D eigenvalue weighted by Crippen LogP contribution is 2.23. The second kappa shape index (κ2) is 9.22. The third kappa shape index (κ3) is 5.01. The van der Waals surface area contributed by atoms with Crippen LogP contribution < -0.4 is 10.8 Å². The molecule has 3 N–H and O–H groups in total. The zero-order chi connectivity index (χ0) is 19.2. The molecule has 1 aliphatic heterocycles. The first kappa shape index (κ1) is 19.7. The van der Waals surface area contributed by atoms with Crippen molar-refractivity contribution in [2.24, 2.45) is 4.99 Å². The van der Waals surface area contributed by atoms with Gasteiger partial charge in [-0.2, -0.15) is 0 Å². The topological polar surface area (TPSA) is 102 Å². The molecule has 9 nitrogen and oxygen atoms in total. The van der Waals surface area contributed by atoms with E-state index in [2.05, 4.69) is 53.3 Å². The number of hydrogen-bond acceptors (Lipinski definition) is 8. The summed E-state index contributed by atoms with van der Waals surface area (Å²) in [5, 5.41) is 20.3. The molecule has 1 fully saturated rings. The molecule has 0 saturated carbocycles. The van der Waals surface area contributed by atoms with Gasteiger partial charge in [-0.1, -0.05) is 6.92 Å². The average molecular weight is 442 g/mol. The number of amidine groups is 1. The molecule has 0 unspecified atom stereocenters. The number of benzene rings is 1. The van der Waals surface area contributed by atoms with Crippen molar-refractivity contribution in [2.45, 2.75) is 6.92 Å². The number of nitrogens with zero attached hydrogens (tertiary/aromatic N) is 5. The lowest BCUT2D eigenvalue weighted by atomic mass is 10.3. The molecule has 11 heteroatoms. The summed E-state index contributed by atoms with van der Waals surface area (Å²) >= 11 is 3.10. The van der Waals surface area contributed by atoms with Crippen molar-refractivity contribution < 1.29 is 14.2 Å². The summed E-state index contributed by atoms with van der Waals surface area (Å²) in [7, 11) is 0. The van der Waals surface area contributed by atoms with Crippen LogP contribution in [-0.4, -0.2) is 70.5 Å². The summed E-state index contributed by atoms with van der Waals surface area (Å²) in [6, 6.07) is 4.24. The largest absolute Gasteiger partial charge is 0.352 e. The Morgan fingerprint density at radius 2 is 2.04 bits per heavy atom. The number of aliphatic imine (C=N–C) groups is 1. The molecule has 1 aromatic heterocycles. The van der Waals surface area contributed by atoms with Crippen molar-refractivity contribution in [3.8, 4) is 0 Å². The lowest BCUT2D eigenvalue weighted by Crippen LogP contribution is -2.47. The molecule has 2 heterocycles. The van der Waals surface area contributed by atoms with Crippen LogP contribution in [0.15, 0.2) is 32.3 Å². The van der Waals surface area contributed by atoms with Crippen molar-refractivity contribution in [1.82, 2.24) is 25.6 Å².